The number of nitrogens with zero attached hydrogens (tertiary/aromatic N) is 2. The van der Waals surface area contributed by atoms with Gasteiger partial charge >= 0.3 is 0 Å². The maximum Gasteiger partial charge on any atom is 0.244 e. The van der Waals surface area contributed by atoms with Crippen LogP contribution in [0.4, 0.5) is 5.69 Å². The van der Waals surface area contributed by atoms with Gasteiger partial charge in [0.2, 0.25) is 15.9 Å². The Kier molecular flexibility index (Phi) is 6.89. The Morgan fingerprint density at radius 3 is 2.59 bits per heavy atom. The molecule has 0 aliphatic heterocycles. The van der Waals surface area contributed by atoms with Crippen molar-refractivity contribution in [2.45, 2.75) is 31.6 Å². The number of thiazole rings is 1. The molecule has 3 rings (SSSR count). The maximum atomic E-state index is 12.8. The molecule has 0 bridgehead atoms. The van der Waals surface area contributed by atoms with E-state index in [0.29, 0.717) is 25.2 Å². The number of para-hydroxylation sites is 1. The van der Waals surface area contributed by atoms with Crippen LogP contribution in [0.5, 0.6) is 0 Å². The van der Waals surface area contributed by atoms with E-state index in [1.807, 2.05) is 24.3 Å². The molecular weight excluding hydrogens is 430 g/mol. The molecule has 1 heterocycles. The first-order chi connectivity index (χ1) is 13.8. The van der Waals surface area contributed by atoms with Crippen LogP contribution in [0.25, 0.3) is 10.2 Å². The number of nitrogens with one attached hydrogen (secondary N) is 1. The summed E-state index contributed by atoms with van der Waals surface area (Å²) in [6, 6.07) is 12.3. The number of amides is 1. The standard InChI is InChI=1S/C20H22ClN3O3S2/c1-3-24(4-2)29(26,27)18-13-14(9-10-15(18)21)22-19(25)11-12-20-23-16-7-5-6-8-17(16)28-20/h5-10,13H,3-4,11-12H2,1-2H3,(H,22,25). The third-order valence-corrected chi connectivity index (χ3v) is 8.07. The number of hydrogen-bond donors (Lipinski definition) is 1. The summed E-state index contributed by atoms with van der Waals surface area (Å²) in [5, 5.41) is 3.78. The van der Waals surface area contributed by atoms with Crippen molar-refractivity contribution in [1.82, 2.24) is 9.29 Å². The minimum Gasteiger partial charge on any atom is -0.326 e. The van der Waals surface area contributed by atoms with E-state index in [1.165, 1.54) is 16.4 Å². The highest BCUT2D eigenvalue weighted by Crippen LogP contribution is 2.28. The number of aryl methyl sites for hydroxylation is 1. The van der Waals surface area contributed by atoms with Crippen molar-refractivity contribution in [2.75, 3.05) is 18.4 Å². The molecule has 0 atom stereocenters. The predicted molar refractivity (Wildman–Crippen MR) is 118 cm³/mol. The van der Waals surface area contributed by atoms with Gasteiger partial charge in [-0.15, -0.1) is 11.3 Å². The van der Waals surface area contributed by atoms with Crippen molar-refractivity contribution in [2.24, 2.45) is 0 Å². The number of hydrogen-bond acceptors (Lipinski definition) is 5. The molecule has 1 amide bonds. The fourth-order valence-corrected chi connectivity index (χ4v) is 5.88. The van der Waals surface area contributed by atoms with Gasteiger partial charge in [0.25, 0.3) is 0 Å². The molecule has 29 heavy (non-hydrogen) atoms. The van der Waals surface area contributed by atoms with Crippen LogP contribution in [0.15, 0.2) is 47.4 Å². The van der Waals surface area contributed by atoms with Crippen LogP contribution in [0.2, 0.25) is 5.02 Å². The largest absolute Gasteiger partial charge is 0.326 e. The Balaban J connectivity index is 1.70. The van der Waals surface area contributed by atoms with Gasteiger partial charge in [-0.2, -0.15) is 4.31 Å². The SMILES string of the molecule is CCN(CC)S(=O)(=O)c1cc(NC(=O)CCc2nc3ccccc3s2)ccc1Cl. The molecule has 2 aromatic carbocycles. The summed E-state index contributed by atoms with van der Waals surface area (Å²) in [6.45, 7) is 4.22. The molecule has 0 aliphatic carbocycles. The number of halogens is 1. The maximum absolute atomic E-state index is 12.8. The van der Waals surface area contributed by atoms with E-state index in [1.54, 1.807) is 31.3 Å². The molecule has 0 saturated carbocycles. The zero-order valence-corrected chi connectivity index (χ0v) is 18.6. The van der Waals surface area contributed by atoms with Gasteiger partial charge in [-0.1, -0.05) is 37.6 Å². The summed E-state index contributed by atoms with van der Waals surface area (Å²) < 4.78 is 28.0. The number of aromatic nitrogens is 1. The monoisotopic (exact) mass is 451 g/mol. The van der Waals surface area contributed by atoms with E-state index in [0.717, 1.165) is 15.2 Å². The summed E-state index contributed by atoms with van der Waals surface area (Å²) in [6.07, 6.45) is 0.768. The number of anilines is 1. The van der Waals surface area contributed by atoms with E-state index >= 15 is 0 Å². The van der Waals surface area contributed by atoms with E-state index in [-0.39, 0.29) is 22.2 Å². The van der Waals surface area contributed by atoms with Gasteiger partial charge in [0, 0.05) is 31.6 Å². The lowest BCUT2D eigenvalue weighted by atomic mass is 10.2. The summed E-state index contributed by atoms with van der Waals surface area (Å²) in [7, 11) is -3.72. The lowest BCUT2D eigenvalue weighted by Crippen LogP contribution is -2.30. The van der Waals surface area contributed by atoms with Crippen molar-refractivity contribution in [1.29, 1.82) is 0 Å². The van der Waals surface area contributed by atoms with Crippen molar-refractivity contribution >= 4 is 54.8 Å². The highest BCUT2D eigenvalue weighted by atomic mass is 35.5. The van der Waals surface area contributed by atoms with Gasteiger partial charge < -0.3 is 5.32 Å². The van der Waals surface area contributed by atoms with Gasteiger partial charge in [0.1, 0.15) is 4.90 Å². The molecule has 0 saturated heterocycles. The van der Waals surface area contributed by atoms with Crippen molar-refractivity contribution in [3.63, 3.8) is 0 Å². The quantitative estimate of drug-likeness (QED) is 0.544. The molecule has 0 fully saturated rings. The van der Waals surface area contributed by atoms with Gasteiger partial charge in [-0.05, 0) is 30.3 Å². The Hall–Kier alpha value is -2.00. The summed E-state index contributed by atoms with van der Waals surface area (Å²) in [5.41, 5.74) is 1.33. The second-order valence-electron chi connectivity index (χ2n) is 6.36. The number of rotatable bonds is 8. The van der Waals surface area contributed by atoms with E-state index < -0.39 is 10.0 Å². The van der Waals surface area contributed by atoms with Gasteiger partial charge in [-0.25, -0.2) is 13.4 Å². The van der Waals surface area contributed by atoms with Crippen LogP contribution in [0.1, 0.15) is 25.3 Å². The van der Waals surface area contributed by atoms with Gasteiger partial charge in [0.05, 0.1) is 20.2 Å². The number of carbonyl (C=O) groups is 1. The number of carbonyl (C=O) groups excluding carboxylic acids is 1. The smallest absolute Gasteiger partial charge is 0.244 e. The Morgan fingerprint density at radius 2 is 1.90 bits per heavy atom. The minimum absolute atomic E-state index is 0.00756. The normalized spacial score (nSPS) is 11.9. The lowest BCUT2D eigenvalue weighted by molar-refractivity contribution is -0.116. The topological polar surface area (TPSA) is 79.4 Å². The summed E-state index contributed by atoms with van der Waals surface area (Å²) in [4.78, 5) is 16.9. The van der Waals surface area contributed by atoms with Crippen LogP contribution in [0, 0.1) is 0 Å². The van der Waals surface area contributed by atoms with Crippen LogP contribution in [0.3, 0.4) is 0 Å². The van der Waals surface area contributed by atoms with E-state index in [2.05, 4.69) is 10.3 Å². The average molecular weight is 452 g/mol. The molecule has 3 aromatic rings. The van der Waals surface area contributed by atoms with E-state index in [4.69, 9.17) is 11.6 Å². The molecule has 6 nitrogen and oxygen atoms in total. The number of sulfonamides is 1. The minimum atomic E-state index is -3.72. The second-order valence-corrected chi connectivity index (χ2v) is 9.79. The first-order valence-electron chi connectivity index (χ1n) is 9.29. The van der Waals surface area contributed by atoms with Crippen LogP contribution in [-0.2, 0) is 21.2 Å². The Labute approximate surface area is 179 Å². The first-order valence-corrected chi connectivity index (χ1v) is 11.9. The van der Waals surface area contributed by atoms with Gasteiger partial charge in [0.15, 0.2) is 0 Å². The molecule has 0 unspecified atom stereocenters. The first kappa shape index (κ1) is 21.7. The van der Waals surface area contributed by atoms with E-state index in [9.17, 15) is 13.2 Å². The molecule has 9 heteroatoms. The second kappa shape index (κ2) is 9.21. The molecule has 0 aliphatic rings. The Bertz CT molecular complexity index is 1090. The summed E-state index contributed by atoms with van der Waals surface area (Å²) >= 11 is 7.70. The molecular formula is C20H22ClN3O3S2. The fraction of sp³-hybridized carbons (Fsp3) is 0.300. The third-order valence-electron chi connectivity index (χ3n) is 4.44. The van der Waals surface area contributed by atoms with Crippen molar-refractivity contribution in [3.8, 4) is 0 Å². The number of benzene rings is 2. The molecule has 0 spiro atoms. The van der Waals surface area contributed by atoms with Crippen molar-refractivity contribution < 1.29 is 13.2 Å². The third kappa shape index (κ3) is 4.95. The van der Waals surface area contributed by atoms with Crippen LogP contribution >= 0.6 is 22.9 Å². The van der Waals surface area contributed by atoms with Crippen LogP contribution in [-0.4, -0.2) is 36.7 Å². The lowest BCUT2D eigenvalue weighted by Gasteiger charge is -2.19. The zero-order valence-electron chi connectivity index (χ0n) is 16.2. The van der Waals surface area contributed by atoms with Gasteiger partial charge in [-0.3, -0.25) is 4.79 Å². The molecule has 1 aromatic heterocycles. The Morgan fingerprint density at radius 1 is 1.17 bits per heavy atom. The molecule has 1 N–H and O–H groups in total. The fourth-order valence-electron chi connectivity index (χ4n) is 2.95. The molecule has 154 valence electrons. The number of fused-ring (bicyclic) bond motifs is 1. The summed E-state index contributed by atoms with van der Waals surface area (Å²) in [5.74, 6) is -0.210. The van der Waals surface area contributed by atoms with Crippen LogP contribution < -0.4 is 5.32 Å². The van der Waals surface area contributed by atoms with Crippen molar-refractivity contribution in [3.05, 3.63) is 52.5 Å². The highest BCUT2D eigenvalue weighted by molar-refractivity contribution is 7.89. The molecule has 0 radical (unpaired) electrons. The average Bonchev–Trinajstić information content (AvgIpc) is 3.11. The predicted octanol–water partition coefficient (Wildman–Crippen LogP) is 4.55. The zero-order chi connectivity index (χ0) is 21.0. The highest BCUT2D eigenvalue weighted by Gasteiger charge is 2.25.